The van der Waals surface area contributed by atoms with Gasteiger partial charge in [-0.3, -0.25) is 4.79 Å². The van der Waals surface area contributed by atoms with Crippen LogP contribution in [-0.2, 0) is 4.74 Å². The summed E-state index contributed by atoms with van der Waals surface area (Å²) in [7, 11) is 0. The molecule has 0 aliphatic carbocycles. The molecule has 1 atom stereocenters. The van der Waals surface area contributed by atoms with Crippen molar-refractivity contribution in [3.05, 3.63) is 33.8 Å². The lowest BCUT2D eigenvalue weighted by Gasteiger charge is -2.31. The number of benzene rings is 1. The van der Waals surface area contributed by atoms with Crippen molar-refractivity contribution >= 4 is 21.8 Å². The lowest BCUT2D eigenvalue weighted by Crippen LogP contribution is -2.44. The van der Waals surface area contributed by atoms with Gasteiger partial charge in [-0.25, -0.2) is 0 Å². The molecule has 3 nitrogen and oxygen atoms in total. The molecule has 1 heterocycles. The molecule has 0 radical (unpaired) electrons. The van der Waals surface area contributed by atoms with Crippen LogP contribution in [0.1, 0.15) is 22.8 Å². The van der Waals surface area contributed by atoms with Crippen LogP contribution < -0.4 is 0 Å². The molecule has 0 aromatic heterocycles. The molecule has 2 rings (SSSR count). The molecule has 0 spiro atoms. The van der Waals surface area contributed by atoms with Crippen molar-refractivity contribution in [2.24, 2.45) is 0 Å². The number of morpholine rings is 1. The van der Waals surface area contributed by atoms with E-state index in [0.717, 1.165) is 15.6 Å². The molecule has 0 bridgehead atoms. The van der Waals surface area contributed by atoms with Crippen LogP contribution in [-0.4, -0.2) is 36.6 Å². The Balaban J connectivity index is 2.22. The van der Waals surface area contributed by atoms with E-state index in [1.807, 2.05) is 36.9 Å². The van der Waals surface area contributed by atoms with Gasteiger partial charge in [0.05, 0.1) is 18.3 Å². The molecular formula is C13H16BrNO2. The van der Waals surface area contributed by atoms with Crippen LogP contribution in [0.4, 0.5) is 0 Å². The molecule has 1 aromatic carbocycles. The van der Waals surface area contributed by atoms with Gasteiger partial charge in [0.25, 0.3) is 5.91 Å². The quantitative estimate of drug-likeness (QED) is 0.797. The van der Waals surface area contributed by atoms with Gasteiger partial charge in [-0.15, -0.1) is 0 Å². The van der Waals surface area contributed by atoms with Crippen LogP contribution in [0.15, 0.2) is 22.7 Å². The van der Waals surface area contributed by atoms with Crippen molar-refractivity contribution in [1.29, 1.82) is 0 Å². The fourth-order valence-electron chi connectivity index (χ4n) is 1.99. The number of carbonyl (C=O) groups excluding carboxylic acids is 1. The van der Waals surface area contributed by atoms with Crippen molar-refractivity contribution in [2.45, 2.75) is 20.0 Å². The summed E-state index contributed by atoms with van der Waals surface area (Å²) in [6.45, 7) is 5.94. The molecule has 1 aliphatic heterocycles. The first-order valence-electron chi connectivity index (χ1n) is 5.75. The molecule has 1 fully saturated rings. The maximum atomic E-state index is 12.4. The number of amides is 1. The average molecular weight is 298 g/mol. The minimum absolute atomic E-state index is 0.0794. The lowest BCUT2D eigenvalue weighted by molar-refractivity contribution is -0.0124. The van der Waals surface area contributed by atoms with E-state index >= 15 is 0 Å². The molecule has 0 N–H and O–H groups in total. The Morgan fingerprint density at radius 1 is 1.53 bits per heavy atom. The van der Waals surface area contributed by atoms with E-state index in [1.165, 1.54) is 0 Å². The van der Waals surface area contributed by atoms with Gasteiger partial charge in [-0.1, -0.05) is 12.1 Å². The topological polar surface area (TPSA) is 29.5 Å². The van der Waals surface area contributed by atoms with E-state index in [9.17, 15) is 4.79 Å². The standard InChI is InChI=1S/C13H16BrNO2/c1-9-4-3-5-11(12(9)14)13(16)15-6-7-17-10(2)8-15/h3-5,10H,6-8H2,1-2H3/t10-/m1/s1. The van der Waals surface area contributed by atoms with Gasteiger partial charge in [0, 0.05) is 17.6 Å². The van der Waals surface area contributed by atoms with Gasteiger partial charge in [0.15, 0.2) is 0 Å². The molecule has 0 saturated carbocycles. The fourth-order valence-corrected chi connectivity index (χ4v) is 2.42. The fraction of sp³-hybridized carbons (Fsp3) is 0.462. The van der Waals surface area contributed by atoms with Crippen LogP contribution in [0.25, 0.3) is 0 Å². The van der Waals surface area contributed by atoms with Gasteiger partial charge < -0.3 is 9.64 Å². The zero-order valence-corrected chi connectivity index (χ0v) is 11.7. The molecule has 1 aromatic rings. The van der Waals surface area contributed by atoms with Crippen molar-refractivity contribution in [3.8, 4) is 0 Å². The number of halogens is 1. The zero-order valence-electron chi connectivity index (χ0n) is 10.1. The second-order valence-electron chi connectivity index (χ2n) is 4.37. The summed E-state index contributed by atoms with van der Waals surface area (Å²) in [5.41, 5.74) is 1.82. The summed E-state index contributed by atoms with van der Waals surface area (Å²) in [5.74, 6) is 0.0794. The molecule has 0 unspecified atom stereocenters. The van der Waals surface area contributed by atoms with Crippen LogP contribution >= 0.6 is 15.9 Å². The largest absolute Gasteiger partial charge is 0.375 e. The average Bonchev–Trinajstić information content (AvgIpc) is 2.32. The van der Waals surface area contributed by atoms with Crippen LogP contribution in [0.5, 0.6) is 0 Å². The van der Waals surface area contributed by atoms with Crippen molar-refractivity contribution < 1.29 is 9.53 Å². The highest BCUT2D eigenvalue weighted by atomic mass is 79.9. The third-order valence-corrected chi connectivity index (χ3v) is 4.00. The Hall–Kier alpha value is -0.870. The van der Waals surface area contributed by atoms with Crippen molar-refractivity contribution in [2.75, 3.05) is 19.7 Å². The molecule has 4 heteroatoms. The first-order valence-corrected chi connectivity index (χ1v) is 6.55. The predicted octanol–water partition coefficient (Wildman–Crippen LogP) is 2.62. The Bertz CT molecular complexity index is 433. The van der Waals surface area contributed by atoms with Crippen LogP contribution in [0, 0.1) is 6.92 Å². The summed E-state index contributed by atoms with van der Waals surface area (Å²) < 4.78 is 6.34. The van der Waals surface area contributed by atoms with E-state index in [4.69, 9.17) is 4.74 Å². The zero-order chi connectivity index (χ0) is 12.4. The smallest absolute Gasteiger partial charge is 0.255 e. The summed E-state index contributed by atoms with van der Waals surface area (Å²) >= 11 is 3.48. The second-order valence-corrected chi connectivity index (χ2v) is 5.16. The Morgan fingerprint density at radius 2 is 2.29 bits per heavy atom. The maximum Gasteiger partial charge on any atom is 0.255 e. The Labute approximate surface area is 110 Å². The first-order chi connectivity index (χ1) is 8.09. The Kier molecular flexibility index (Phi) is 3.84. The van der Waals surface area contributed by atoms with E-state index in [1.54, 1.807) is 0 Å². The number of aryl methyl sites for hydroxylation is 1. The molecule has 17 heavy (non-hydrogen) atoms. The van der Waals surface area contributed by atoms with Crippen LogP contribution in [0.3, 0.4) is 0 Å². The van der Waals surface area contributed by atoms with E-state index < -0.39 is 0 Å². The van der Waals surface area contributed by atoms with Crippen molar-refractivity contribution in [3.63, 3.8) is 0 Å². The summed E-state index contributed by atoms with van der Waals surface area (Å²) in [6.07, 6.45) is 0.122. The summed E-state index contributed by atoms with van der Waals surface area (Å²) in [5, 5.41) is 0. The van der Waals surface area contributed by atoms with Crippen LogP contribution in [0.2, 0.25) is 0 Å². The maximum absolute atomic E-state index is 12.4. The van der Waals surface area contributed by atoms with Gasteiger partial charge in [-0.2, -0.15) is 0 Å². The van der Waals surface area contributed by atoms with Gasteiger partial charge in [0.1, 0.15) is 0 Å². The SMILES string of the molecule is Cc1cccc(C(=O)N2CCO[C@H](C)C2)c1Br. The number of rotatable bonds is 1. The van der Waals surface area contributed by atoms with E-state index in [-0.39, 0.29) is 12.0 Å². The number of ether oxygens (including phenoxy) is 1. The normalized spacial score (nSPS) is 20.4. The van der Waals surface area contributed by atoms with Gasteiger partial charge >= 0.3 is 0 Å². The first kappa shape index (κ1) is 12.6. The van der Waals surface area contributed by atoms with Crippen molar-refractivity contribution in [1.82, 2.24) is 4.90 Å². The molecule has 92 valence electrons. The highest BCUT2D eigenvalue weighted by molar-refractivity contribution is 9.10. The highest BCUT2D eigenvalue weighted by Crippen LogP contribution is 2.23. The number of carbonyl (C=O) groups is 1. The predicted molar refractivity (Wildman–Crippen MR) is 70.2 cm³/mol. The van der Waals surface area contributed by atoms with E-state index in [2.05, 4.69) is 15.9 Å². The Morgan fingerprint density at radius 3 is 3.00 bits per heavy atom. The minimum Gasteiger partial charge on any atom is -0.375 e. The van der Waals surface area contributed by atoms with Gasteiger partial charge in [-0.05, 0) is 41.4 Å². The van der Waals surface area contributed by atoms with E-state index in [0.29, 0.717) is 19.7 Å². The lowest BCUT2D eigenvalue weighted by atomic mass is 10.1. The number of hydrogen-bond acceptors (Lipinski definition) is 2. The summed E-state index contributed by atoms with van der Waals surface area (Å²) in [6, 6.07) is 5.76. The third-order valence-electron chi connectivity index (χ3n) is 2.95. The van der Waals surface area contributed by atoms with Gasteiger partial charge in [0.2, 0.25) is 0 Å². The molecule has 1 saturated heterocycles. The highest BCUT2D eigenvalue weighted by Gasteiger charge is 2.23. The molecule has 1 aliphatic rings. The number of nitrogens with zero attached hydrogens (tertiary/aromatic N) is 1. The summed E-state index contributed by atoms with van der Waals surface area (Å²) in [4.78, 5) is 14.2. The monoisotopic (exact) mass is 297 g/mol. The molecular weight excluding hydrogens is 282 g/mol. The second kappa shape index (κ2) is 5.19. The minimum atomic E-state index is 0.0794. The third kappa shape index (κ3) is 2.69. The number of hydrogen-bond donors (Lipinski definition) is 0. The molecule has 1 amide bonds.